The van der Waals surface area contributed by atoms with E-state index in [9.17, 15) is 0 Å². The van der Waals surface area contributed by atoms with Crippen LogP contribution in [0.2, 0.25) is 5.02 Å². The van der Waals surface area contributed by atoms with E-state index in [1.54, 1.807) is 0 Å². The van der Waals surface area contributed by atoms with Gasteiger partial charge < -0.3 is 14.5 Å². The van der Waals surface area contributed by atoms with Crippen LogP contribution >= 0.6 is 11.6 Å². The van der Waals surface area contributed by atoms with Crippen molar-refractivity contribution in [2.75, 3.05) is 32.8 Å². The number of ether oxygens (including phenoxy) is 1. The molecule has 1 N–H and O–H groups in total. The van der Waals surface area contributed by atoms with Gasteiger partial charge in [-0.25, -0.2) is 0 Å². The van der Waals surface area contributed by atoms with Gasteiger partial charge in [0.2, 0.25) is 0 Å². The molecule has 1 aliphatic heterocycles. The van der Waals surface area contributed by atoms with Crippen molar-refractivity contribution >= 4 is 11.6 Å². The Bertz CT molecular complexity index is 623. The SMILES string of the molecule is CC(CNCc1ccc(-c2ccccc2Cl)o1)N1CCOCC1. The molecule has 0 radical (unpaired) electrons. The molecule has 2 aromatic rings. The van der Waals surface area contributed by atoms with E-state index in [0.29, 0.717) is 11.1 Å². The van der Waals surface area contributed by atoms with Crippen LogP contribution < -0.4 is 5.32 Å². The second kappa shape index (κ2) is 7.97. The molecule has 1 atom stereocenters. The van der Waals surface area contributed by atoms with E-state index in [1.807, 2.05) is 36.4 Å². The molecular weight excluding hydrogens is 312 g/mol. The van der Waals surface area contributed by atoms with Gasteiger partial charge in [0.25, 0.3) is 0 Å². The lowest BCUT2D eigenvalue weighted by Crippen LogP contribution is -2.46. The summed E-state index contributed by atoms with van der Waals surface area (Å²) in [6.45, 7) is 7.60. The molecule has 1 fully saturated rings. The van der Waals surface area contributed by atoms with Crippen LogP contribution in [0.4, 0.5) is 0 Å². The summed E-state index contributed by atoms with van der Waals surface area (Å²) in [6.07, 6.45) is 0. The molecule has 0 spiro atoms. The summed E-state index contributed by atoms with van der Waals surface area (Å²) in [5, 5.41) is 4.18. The number of nitrogens with zero attached hydrogens (tertiary/aromatic N) is 1. The van der Waals surface area contributed by atoms with Crippen LogP contribution in [0.15, 0.2) is 40.8 Å². The minimum absolute atomic E-state index is 0.497. The normalized spacial score (nSPS) is 17.3. The monoisotopic (exact) mass is 334 g/mol. The summed E-state index contributed by atoms with van der Waals surface area (Å²) in [4.78, 5) is 2.45. The van der Waals surface area contributed by atoms with Gasteiger partial charge in [-0.2, -0.15) is 0 Å². The van der Waals surface area contributed by atoms with Crippen LogP contribution in [0.5, 0.6) is 0 Å². The zero-order valence-electron chi connectivity index (χ0n) is 13.4. The van der Waals surface area contributed by atoms with Crippen molar-refractivity contribution < 1.29 is 9.15 Å². The molecular formula is C18H23ClN2O2. The van der Waals surface area contributed by atoms with E-state index in [2.05, 4.69) is 17.1 Å². The Hall–Kier alpha value is -1.33. The first-order valence-electron chi connectivity index (χ1n) is 8.10. The van der Waals surface area contributed by atoms with Gasteiger partial charge in [-0.1, -0.05) is 23.7 Å². The van der Waals surface area contributed by atoms with Gasteiger partial charge in [0.1, 0.15) is 11.5 Å². The van der Waals surface area contributed by atoms with Crippen LogP contribution in [-0.2, 0) is 11.3 Å². The molecule has 0 saturated carbocycles. The predicted octanol–water partition coefficient (Wildman–Crippen LogP) is 3.41. The van der Waals surface area contributed by atoms with Gasteiger partial charge in [-0.3, -0.25) is 4.90 Å². The zero-order valence-corrected chi connectivity index (χ0v) is 14.2. The van der Waals surface area contributed by atoms with E-state index < -0.39 is 0 Å². The standard InChI is InChI=1S/C18H23ClN2O2/c1-14(21-8-10-22-11-9-21)12-20-13-15-6-7-18(23-15)16-4-2-3-5-17(16)19/h2-7,14,20H,8-13H2,1H3. The average molecular weight is 335 g/mol. The Morgan fingerprint density at radius 2 is 1.96 bits per heavy atom. The molecule has 0 amide bonds. The van der Waals surface area contributed by atoms with Gasteiger partial charge >= 0.3 is 0 Å². The van der Waals surface area contributed by atoms with Crippen molar-refractivity contribution in [1.82, 2.24) is 10.2 Å². The number of nitrogens with one attached hydrogen (secondary N) is 1. The second-order valence-electron chi connectivity index (χ2n) is 5.87. The van der Waals surface area contributed by atoms with Crippen LogP contribution in [0.1, 0.15) is 12.7 Å². The lowest BCUT2D eigenvalue weighted by molar-refractivity contribution is 0.0203. The molecule has 1 aromatic heterocycles. The molecule has 2 heterocycles. The van der Waals surface area contributed by atoms with Gasteiger partial charge in [-0.15, -0.1) is 0 Å². The Morgan fingerprint density at radius 1 is 1.17 bits per heavy atom. The topological polar surface area (TPSA) is 37.6 Å². The number of benzene rings is 1. The van der Waals surface area contributed by atoms with Crippen molar-refractivity contribution in [2.24, 2.45) is 0 Å². The highest BCUT2D eigenvalue weighted by Gasteiger charge is 2.16. The van der Waals surface area contributed by atoms with E-state index in [1.165, 1.54) is 0 Å². The van der Waals surface area contributed by atoms with Crippen molar-refractivity contribution in [1.29, 1.82) is 0 Å². The van der Waals surface area contributed by atoms with E-state index in [-0.39, 0.29) is 0 Å². The molecule has 23 heavy (non-hydrogen) atoms. The molecule has 0 aliphatic carbocycles. The van der Waals surface area contributed by atoms with Crippen LogP contribution in [0.3, 0.4) is 0 Å². The summed E-state index contributed by atoms with van der Waals surface area (Å²) >= 11 is 6.21. The minimum atomic E-state index is 0.497. The summed E-state index contributed by atoms with van der Waals surface area (Å²) in [7, 11) is 0. The minimum Gasteiger partial charge on any atom is -0.460 e. The maximum atomic E-state index is 6.21. The quantitative estimate of drug-likeness (QED) is 0.878. The number of hydrogen-bond donors (Lipinski definition) is 1. The largest absolute Gasteiger partial charge is 0.460 e. The molecule has 124 valence electrons. The summed E-state index contributed by atoms with van der Waals surface area (Å²) in [5.41, 5.74) is 0.933. The maximum Gasteiger partial charge on any atom is 0.135 e. The Balaban J connectivity index is 1.50. The number of hydrogen-bond acceptors (Lipinski definition) is 4. The fourth-order valence-corrected chi connectivity index (χ4v) is 3.06. The van der Waals surface area contributed by atoms with Crippen LogP contribution in [0.25, 0.3) is 11.3 Å². The molecule has 3 rings (SSSR count). The Labute approximate surface area is 142 Å². The van der Waals surface area contributed by atoms with Gasteiger partial charge in [0.05, 0.1) is 24.8 Å². The molecule has 1 unspecified atom stereocenters. The third-order valence-electron chi connectivity index (χ3n) is 4.21. The predicted molar refractivity (Wildman–Crippen MR) is 92.7 cm³/mol. The second-order valence-corrected chi connectivity index (χ2v) is 6.28. The van der Waals surface area contributed by atoms with E-state index >= 15 is 0 Å². The van der Waals surface area contributed by atoms with E-state index in [4.69, 9.17) is 20.8 Å². The smallest absolute Gasteiger partial charge is 0.135 e. The molecule has 0 bridgehead atoms. The first kappa shape index (κ1) is 16.5. The number of rotatable bonds is 6. The lowest BCUT2D eigenvalue weighted by Gasteiger charge is -2.32. The lowest BCUT2D eigenvalue weighted by atomic mass is 10.2. The average Bonchev–Trinajstić information content (AvgIpc) is 3.04. The zero-order chi connectivity index (χ0) is 16.1. The Morgan fingerprint density at radius 3 is 2.74 bits per heavy atom. The Kier molecular flexibility index (Phi) is 5.73. The number of morpholine rings is 1. The summed E-state index contributed by atoms with van der Waals surface area (Å²) in [6, 6.07) is 12.2. The highest BCUT2D eigenvalue weighted by molar-refractivity contribution is 6.33. The van der Waals surface area contributed by atoms with Crippen LogP contribution in [-0.4, -0.2) is 43.8 Å². The van der Waals surface area contributed by atoms with Crippen molar-refractivity contribution in [3.05, 3.63) is 47.2 Å². The fraction of sp³-hybridized carbons (Fsp3) is 0.444. The molecule has 5 heteroatoms. The fourth-order valence-electron chi connectivity index (χ4n) is 2.83. The van der Waals surface area contributed by atoms with Crippen molar-refractivity contribution in [3.8, 4) is 11.3 Å². The molecule has 1 aliphatic rings. The summed E-state index contributed by atoms with van der Waals surface area (Å²) in [5.74, 6) is 1.74. The van der Waals surface area contributed by atoms with Gasteiger partial charge in [-0.05, 0) is 31.2 Å². The van der Waals surface area contributed by atoms with Gasteiger partial charge in [0, 0.05) is 31.2 Å². The van der Waals surface area contributed by atoms with Crippen molar-refractivity contribution in [3.63, 3.8) is 0 Å². The molecule has 1 aromatic carbocycles. The molecule has 1 saturated heterocycles. The number of halogens is 1. The third-order valence-corrected chi connectivity index (χ3v) is 4.54. The highest BCUT2D eigenvalue weighted by atomic mass is 35.5. The van der Waals surface area contributed by atoms with Crippen LogP contribution in [0, 0.1) is 0 Å². The first-order valence-corrected chi connectivity index (χ1v) is 8.48. The van der Waals surface area contributed by atoms with E-state index in [0.717, 1.165) is 56.5 Å². The first-order chi connectivity index (χ1) is 11.2. The number of furan rings is 1. The molecule has 4 nitrogen and oxygen atoms in total. The highest BCUT2D eigenvalue weighted by Crippen LogP contribution is 2.28. The maximum absolute atomic E-state index is 6.21. The third kappa shape index (κ3) is 4.36. The summed E-state index contributed by atoms with van der Waals surface area (Å²) < 4.78 is 11.3. The van der Waals surface area contributed by atoms with Gasteiger partial charge in [0.15, 0.2) is 0 Å². The van der Waals surface area contributed by atoms with Crippen molar-refractivity contribution in [2.45, 2.75) is 19.5 Å².